The second-order valence-electron chi connectivity index (χ2n) is 6.19. The van der Waals surface area contributed by atoms with Gasteiger partial charge in [0.05, 0.1) is 20.1 Å². The van der Waals surface area contributed by atoms with Crippen LogP contribution in [-0.4, -0.2) is 38.2 Å². The summed E-state index contributed by atoms with van der Waals surface area (Å²) in [4.78, 5) is 14.6. The summed E-state index contributed by atoms with van der Waals surface area (Å²) in [6, 6.07) is 18.3. The molecule has 2 atom stereocenters. The lowest BCUT2D eigenvalue weighted by Crippen LogP contribution is -2.24. The lowest BCUT2D eigenvalue weighted by molar-refractivity contribution is -0.145. The predicted molar refractivity (Wildman–Crippen MR) is 93.0 cm³/mol. The Morgan fingerprint density at radius 2 is 1.88 bits per heavy atom. The third-order valence-corrected chi connectivity index (χ3v) is 4.67. The van der Waals surface area contributed by atoms with E-state index in [1.165, 1.54) is 12.7 Å². The van der Waals surface area contributed by atoms with Gasteiger partial charge in [0.2, 0.25) is 0 Å². The summed E-state index contributed by atoms with van der Waals surface area (Å²) in [5.41, 5.74) is 2.38. The SMILES string of the molecule is COC(=O)[C@@H]1CN(Cc2ccccc2)C[C@H]1c1cccc(OC)c1. The van der Waals surface area contributed by atoms with Crippen LogP contribution in [0, 0.1) is 5.92 Å². The van der Waals surface area contributed by atoms with Crippen LogP contribution in [0.15, 0.2) is 54.6 Å². The Morgan fingerprint density at radius 3 is 2.58 bits per heavy atom. The fraction of sp³-hybridized carbons (Fsp3) is 0.350. The van der Waals surface area contributed by atoms with Crippen LogP contribution >= 0.6 is 0 Å². The number of carbonyl (C=O) groups is 1. The molecule has 1 fully saturated rings. The first-order valence-electron chi connectivity index (χ1n) is 8.19. The van der Waals surface area contributed by atoms with E-state index in [2.05, 4.69) is 23.1 Å². The zero-order valence-corrected chi connectivity index (χ0v) is 14.1. The molecule has 1 saturated heterocycles. The third kappa shape index (κ3) is 3.60. The van der Waals surface area contributed by atoms with E-state index >= 15 is 0 Å². The molecule has 0 aliphatic carbocycles. The van der Waals surface area contributed by atoms with E-state index in [1.54, 1.807) is 7.11 Å². The molecule has 126 valence electrons. The average Bonchev–Trinajstić information content (AvgIpc) is 3.05. The van der Waals surface area contributed by atoms with Gasteiger partial charge in [-0.2, -0.15) is 0 Å². The van der Waals surface area contributed by atoms with Gasteiger partial charge >= 0.3 is 5.97 Å². The molecule has 4 nitrogen and oxygen atoms in total. The number of nitrogens with zero attached hydrogens (tertiary/aromatic N) is 1. The lowest BCUT2D eigenvalue weighted by Gasteiger charge is -2.17. The molecule has 2 aromatic carbocycles. The molecular weight excluding hydrogens is 302 g/mol. The fourth-order valence-electron chi connectivity index (χ4n) is 3.46. The van der Waals surface area contributed by atoms with Crippen molar-refractivity contribution in [1.29, 1.82) is 0 Å². The first-order valence-corrected chi connectivity index (χ1v) is 8.19. The molecule has 0 radical (unpaired) electrons. The predicted octanol–water partition coefficient (Wildman–Crippen LogP) is 3.08. The number of ether oxygens (including phenoxy) is 2. The van der Waals surface area contributed by atoms with Gasteiger partial charge in [0.15, 0.2) is 0 Å². The van der Waals surface area contributed by atoms with E-state index in [1.807, 2.05) is 36.4 Å². The van der Waals surface area contributed by atoms with Gasteiger partial charge in [-0.1, -0.05) is 42.5 Å². The van der Waals surface area contributed by atoms with E-state index in [4.69, 9.17) is 9.47 Å². The van der Waals surface area contributed by atoms with Crippen LogP contribution in [0.3, 0.4) is 0 Å². The van der Waals surface area contributed by atoms with Crippen LogP contribution in [0.25, 0.3) is 0 Å². The molecule has 1 heterocycles. The van der Waals surface area contributed by atoms with Gasteiger partial charge < -0.3 is 9.47 Å². The number of benzene rings is 2. The van der Waals surface area contributed by atoms with Crippen LogP contribution in [0.5, 0.6) is 5.75 Å². The van der Waals surface area contributed by atoms with Crippen LogP contribution in [0.4, 0.5) is 0 Å². The first kappa shape index (κ1) is 16.5. The van der Waals surface area contributed by atoms with E-state index in [-0.39, 0.29) is 17.8 Å². The highest BCUT2D eigenvalue weighted by molar-refractivity contribution is 5.74. The zero-order valence-electron chi connectivity index (χ0n) is 14.1. The maximum atomic E-state index is 12.3. The molecule has 1 aliphatic rings. The molecular formula is C20H23NO3. The monoisotopic (exact) mass is 325 g/mol. The molecule has 0 amide bonds. The van der Waals surface area contributed by atoms with Gasteiger partial charge in [0.25, 0.3) is 0 Å². The second-order valence-corrected chi connectivity index (χ2v) is 6.19. The summed E-state index contributed by atoms with van der Waals surface area (Å²) in [6.07, 6.45) is 0. The summed E-state index contributed by atoms with van der Waals surface area (Å²) in [7, 11) is 3.12. The quantitative estimate of drug-likeness (QED) is 0.792. The van der Waals surface area contributed by atoms with E-state index in [9.17, 15) is 4.79 Å². The number of methoxy groups -OCH3 is 2. The van der Waals surface area contributed by atoms with Crippen molar-refractivity contribution in [2.45, 2.75) is 12.5 Å². The molecule has 0 unspecified atom stereocenters. The molecule has 4 heteroatoms. The largest absolute Gasteiger partial charge is 0.497 e. The maximum Gasteiger partial charge on any atom is 0.310 e. The topological polar surface area (TPSA) is 38.8 Å². The van der Waals surface area contributed by atoms with Gasteiger partial charge in [-0.3, -0.25) is 9.69 Å². The highest BCUT2D eigenvalue weighted by Gasteiger charge is 2.39. The number of hydrogen-bond donors (Lipinski definition) is 0. The van der Waals surface area contributed by atoms with Crippen molar-refractivity contribution >= 4 is 5.97 Å². The van der Waals surface area contributed by atoms with Gasteiger partial charge in [0, 0.05) is 25.6 Å². The number of rotatable bonds is 5. The maximum absolute atomic E-state index is 12.3. The molecule has 0 spiro atoms. The minimum Gasteiger partial charge on any atom is -0.497 e. The number of carbonyl (C=O) groups excluding carboxylic acids is 1. The Labute approximate surface area is 143 Å². The van der Waals surface area contributed by atoms with Crippen LogP contribution in [0.1, 0.15) is 17.0 Å². The van der Waals surface area contributed by atoms with Crippen LogP contribution < -0.4 is 4.74 Å². The van der Waals surface area contributed by atoms with Crippen molar-refractivity contribution in [1.82, 2.24) is 4.90 Å². The highest BCUT2D eigenvalue weighted by atomic mass is 16.5. The second kappa shape index (κ2) is 7.49. The van der Waals surface area contributed by atoms with Gasteiger partial charge in [-0.25, -0.2) is 0 Å². The van der Waals surface area contributed by atoms with E-state index < -0.39 is 0 Å². The molecule has 1 aliphatic heterocycles. The third-order valence-electron chi connectivity index (χ3n) is 4.67. The van der Waals surface area contributed by atoms with Gasteiger partial charge in [0.1, 0.15) is 5.75 Å². The smallest absolute Gasteiger partial charge is 0.310 e. The summed E-state index contributed by atoms with van der Waals surface area (Å²) < 4.78 is 10.4. The van der Waals surface area contributed by atoms with Crippen LogP contribution in [-0.2, 0) is 16.1 Å². The minimum atomic E-state index is -0.147. The lowest BCUT2D eigenvalue weighted by atomic mass is 9.89. The molecule has 0 aromatic heterocycles. The van der Waals surface area contributed by atoms with Crippen molar-refractivity contribution in [3.63, 3.8) is 0 Å². The molecule has 2 aromatic rings. The van der Waals surface area contributed by atoms with Crippen molar-refractivity contribution in [2.75, 3.05) is 27.3 Å². The molecule has 0 bridgehead atoms. The minimum absolute atomic E-state index is 0.122. The van der Waals surface area contributed by atoms with Crippen molar-refractivity contribution in [3.8, 4) is 5.75 Å². The normalized spacial score (nSPS) is 20.8. The Balaban J connectivity index is 1.81. The Hall–Kier alpha value is -2.33. The standard InChI is InChI=1S/C20H23NO3/c1-23-17-10-6-9-16(11-17)18-13-21(14-19(18)20(22)24-2)12-15-7-4-3-5-8-15/h3-11,18-19H,12-14H2,1-2H3/t18-,19+/m0/s1. The van der Waals surface area contributed by atoms with E-state index in [0.717, 1.165) is 24.4 Å². The van der Waals surface area contributed by atoms with Gasteiger partial charge in [-0.05, 0) is 23.3 Å². The molecule has 0 saturated carbocycles. The number of esters is 1. The highest BCUT2D eigenvalue weighted by Crippen LogP contribution is 2.35. The average molecular weight is 325 g/mol. The number of hydrogen-bond acceptors (Lipinski definition) is 4. The summed E-state index contributed by atoms with van der Waals surface area (Å²) in [5, 5.41) is 0. The van der Waals surface area contributed by atoms with Crippen molar-refractivity contribution < 1.29 is 14.3 Å². The fourth-order valence-corrected chi connectivity index (χ4v) is 3.46. The van der Waals surface area contributed by atoms with Gasteiger partial charge in [-0.15, -0.1) is 0 Å². The van der Waals surface area contributed by atoms with Crippen LogP contribution in [0.2, 0.25) is 0 Å². The van der Waals surface area contributed by atoms with Crippen molar-refractivity contribution in [2.24, 2.45) is 5.92 Å². The molecule has 0 N–H and O–H groups in total. The Bertz CT molecular complexity index is 686. The molecule has 24 heavy (non-hydrogen) atoms. The Kier molecular flexibility index (Phi) is 5.16. The summed E-state index contributed by atoms with van der Waals surface area (Å²) in [6.45, 7) is 2.39. The van der Waals surface area contributed by atoms with E-state index in [0.29, 0.717) is 6.54 Å². The zero-order chi connectivity index (χ0) is 16.9. The van der Waals surface area contributed by atoms with Crippen molar-refractivity contribution in [3.05, 3.63) is 65.7 Å². The summed E-state index contributed by atoms with van der Waals surface area (Å²) in [5.74, 6) is 0.651. The summed E-state index contributed by atoms with van der Waals surface area (Å²) >= 11 is 0. The first-order chi connectivity index (χ1) is 11.7. The Morgan fingerprint density at radius 1 is 1.08 bits per heavy atom. The molecule has 3 rings (SSSR count). The number of likely N-dealkylation sites (tertiary alicyclic amines) is 1.